The van der Waals surface area contributed by atoms with Crippen molar-refractivity contribution < 1.29 is 14.7 Å². The van der Waals surface area contributed by atoms with Gasteiger partial charge in [-0.2, -0.15) is 0 Å². The summed E-state index contributed by atoms with van der Waals surface area (Å²) < 4.78 is 0. The number of carbonyl (C=O) groups excluding carboxylic acids is 2. The molecule has 2 aliphatic rings. The van der Waals surface area contributed by atoms with Crippen LogP contribution in [-0.2, 0) is 9.59 Å². The van der Waals surface area contributed by atoms with Gasteiger partial charge in [-0.25, -0.2) is 0 Å². The number of carbonyl (C=O) groups is 2. The van der Waals surface area contributed by atoms with E-state index in [0.29, 0.717) is 25.4 Å². The predicted molar refractivity (Wildman–Crippen MR) is 92.7 cm³/mol. The number of amides is 2. The van der Waals surface area contributed by atoms with Crippen LogP contribution in [0.15, 0.2) is 18.2 Å². The van der Waals surface area contributed by atoms with Crippen molar-refractivity contribution in [3.8, 4) is 0 Å². The van der Waals surface area contributed by atoms with E-state index in [1.807, 2.05) is 32.0 Å². The number of aryl methyl sites for hydroxylation is 2. The zero-order chi connectivity index (χ0) is 17.3. The van der Waals surface area contributed by atoms with Gasteiger partial charge in [0, 0.05) is 25.2 Å². The number of nitrogens with one attached hydrogen (secondary N) is 1. The number of aliphatic hydroxyl groups is 1. The minimum atomic E-state index is -0.308. The van der Waals surface area contributed by atoms with Crippen molar-refractivity contribution in [3.05, 3.63) is 29.3 Å². The lowest BCUT2D eigenvalue weighted by molar-refractivity contribution is -0.126. The molecule has 130 valence electrons. The molecule has 0 aromatic heterocycles. The summed E-state index contributed by atoms with van der Waals surface area (Å²) in [6.45, 7) is 4.97. The average molecular weight is 330 g/mol. The minimum Gasteiger partial charge on any atom is -0.393 e. The summed E-state index contributed by atoms with van der Waals surface area (Å²) in [6, 6.07) is 5.94. The van der Waals surface area contributed by atoms with Crippen LogP contribution < -0.4 is 10.2 Å². The predicted octanol–water partition coefficient (Wildman–Crippen LogP) is 1.93. The Balaban J connectivity index is 1.53. The zero-order valence-electron chi connectivity index (χ0n) is 14.4. The maximum atomic E-state index is 12.3. The van der Waals surface area contributed by atoms with Gasteiger partial charge in [0.15, 0.2) is 0 Å². The lowest BCUT2D eigenvalue weighted by Crippen LogP contribution is -2.34. The fraction of sp³-hybridized carbons (Fsp3) is 0.579. The van der Waals surface area contributed by atoms with Gasteiger partial charge in [0.2, 0.25) is 11.8 Å². The number of anilines is 1. The van der Waals surface area contributed by atoms with Crippen LogP contribution in [0.2, 0.25) is 0 Å². The Morgan fingerprint density at radius 1 is 1.33 bits per heavy atom. The summed E-state index contributed by atoms with van der Waals surface area (Å²) in [6.07, 6.45) is 2.73. The van der Waals surface area contributed by atoms with E-state index < -0.39 is 0 Å². The van der Waals surface area contributed by atoms with Gasteiger partial charge in [0.05, 0.1) is 12.0 Å². The first kappa shape index (κ1) is 17.0. The molecule has 1 aliphatic carbocycles. The molecule has 1 saturated heterocycles. The molecule has 1 aliphatic heterocycles. The van der Waals surface area contributed by atoms with Crippen LogP contribution in [-0.4, -0.2) is 36.1 Å². The van der Waals surface area contributed by atoms with Crippen LogP contribution in [0, 0.1) is 25.7 Å². The highest BCUT2D eigenvalue weighted by atomic mass is 16.3. The highest BCUT2D eigenvalue weighted by molar-refractivity contribution is 6.00. The number of nitrogens with zero attached hydrogens (tertiary/aromatic N) is 1. The average Bonchev–Trinajstić information content (AvgIpc) is 3.32. The molecule has 0 spiro atoms. The SMILES string of the molecule is Cc1ccc(N2C[C@@H](C(=O)NCC[C@H](O)C3CC3)CC2=O)cc1C. The van der Waals surface area contributed by atoms with Gasteiger partial charge in [-0.1, -0.05) is 6.07 Å². The molecule has 24 heavy (non-hydrogen) atoms. The Morgan fingerprint density at radius 2 is 2.08 bits per heavy atom. The number of aliphatic hydroxyl groups excluding tert-OH is 1. The van der Waals surface area contributed by atoms with E-state index in [4.69, 9.17) is 0 Å². The van der Waals surface area contributed by atoms with Gasteiger partial charge in [-0.15, -0.1) is 0 Å². The lowest BCUT2D eigenvalue weighted by Gasteiger charge is -2.18. The summed E-state index contributed by atoms with van der Waals surface area (Å²) in [5.41, 5.74) is 3.19. The van der Waals surface area contributed by atoms with Crippen molar-refractivity contribution in [2.45, 2.75) is 45.6 Å². The molecule has 2 fully saturated rings. The molecule has 2 atom stereocenters. The topological polar surface area (TPSA) is 69.6 Å². The third-order valence-corrected chi connectivity index (χ3v) is 5.20. The largest absolute Gasteiger partial charge is 0.393 e. The van der Waals surface area contributed by atoms with E-state index in [-0.39, 0.29) is 30.3 Å². The fourth-order valence-electron chi connectivity index (χ4n) is 3.23. The third-order valence-electron chi connectivity index (χ3n) is 5.20. The van der Waals surface area contributed by atoms with E-state index in [1.165, 1.54) is 5.56 Å². The van der Waals surface area contributed by atoms with Crippen LogP contribution in [0.25, 0.3) is 0 Å². The van der Waals surface area contributed by atoms with E-state index >= 15 is 0 Å². The highest BCUT2D eigenvalue weighted by Gasteiger charge is 2.35. The zero-order valence-corrected chi connectivity index (χ0v) is 14.4. The van der Waals surface area contributed by atoms with Gasteiger partial charge >= 0.3 is 0 Å². The fourth-order valence-corrected chi connectivity index (χ4v) is 3.23. The molecule has 0 radical (unpaired) electrons. The standard InChI is InChI=1S/C19H26N2O3/c1-12-3-6-16(9-13(12)2)21-11-15(10-18(21)23)19(24)20-8-7-17(22)14-4-5-14/h3,6,9,14-15,17,22H,4-5,7-8,10-11H2,1-2H3,(H,20,24)/t15-,17-/m0/s1. The Bertz CT molecular complexity index is 639. The Hall–Kier alpha value is -1.88. The van der Waals surface area contributed by atoms with E-state index in [1.54, 1.807) is 4.90 Å². The minimum absolute atomic E-state index is 0.00332. The number of hydrogen-bond donors (Lipinski definition) is 2. The number of rotatable bonds is 6. The monoisotopic (exact) mass is 330 g/mol. The quantitative estimate of drug-likeness (QED) is 0.837. The molecule has 1 aromatic rings. The van der Waals surface area contributed by atoms with Crippen molar-refractivity contribution >= 4 is 17.5 Å². The van der Waals surface area contributed by atoms with Crippen LogP contribution in [0.4, 0.5) is 5.69 Å². The van der Waals surface area contributed by atoms with Gasteiger partial charge in [-0.05, 0) is 62.3 Å². The first-order valence-corrected chi connectivity index (χ1v) is 8.79. The molecule has 1 saturated carbocycles. The highest BCUT2D eigenvalue weighted by Crippen LogP contribution is 2.33. The second-order valence-corrected chi connectivity index (χ2v) is 7.16. The van der Waals surface area contributed by atoms with Crippen LogP contribution in [0.5, 0.6) is 0 Å². The maximum absolute atomic E-state index is 12.3. The summed E-state index contributed by atoms with van der Waals surface area (Å²) >= 11 is 0. The second kappa shape index (κ2) is 6.93. The number of hydrogen-bond acceptors (Lipinski definition) is 3. The van der Waals surface area contributed by atoms with Crippen molar-refractivity contribution in [1.82, 2.24) is 5.32 Å². The van der Waals surface area contributed by atoms with E-state index in [9.17, 15) is 14.7 Å². The molecule has 2 amide bonds. The molecule has 0 unspecified atom stereocenters. The lowest BCUT2D eigenvalue weighted by atomic mass is 10.1. The molecule has 1 aromatic carbocycles. The molecule has 5 nitrogen and oxygen atoms in total. The first-order chi connectivity index (χ1) is 11.5. The van der Waals surface area contributed by atoms with Crippen molar-refractivity contribution in [1.29, 1.82) is 0 Å². The van der Waals surface area contributed by atoms with Gasteiger partial charge in [0.25, 0.3) is 0 Å². The normalized spacial score (nSPS) is 21.9. The Labute approximate surface area is 143 Å². The molecule has 1 heterocycles. The second-order valence-electron chi connectivity index (χ2n) is 7.16. The van der Waals surface area contributed by atoms with E-state index in [0.717, 1.165) is 24.1 Å². The maximum Gasteiger partial charge on any atom is 0.227 e. The smallest absolute Gasteiger partial charge is 0.227 e. The summed E-state index contributed by atoms with van der Waals surface area (Å²) in [4.78, 5) is 26.3. The van der Waals surface area contributed by atoms with Gasteiger partial charge in [0.1, 0.15) is 0 Å². The first-order valence-electron chi connectivity index (χ1n) is 8.79. The van der Waals surface area contributed by atoms with Gasteiger partial charge in [-0.3, -0.25) is 9.59 Å². The number of benzene rings is 1. The third kappa shape index (κ3) is 3.78. The molecular formula is C19H26N2O3. The van der Waals surface area contributed by atoms with Crippen LogP contribution >= 0.6 is 0 Å². The van der Waals surface area contributed by atoms with Gasteiger partial charge < -0.3 is 15.3 Å². The van der Waals surface area contributed by atoms with Crippen molar-refractivity contribution in [3.63, 3.8) is 0 Å². The summed E-state index contributed by atoms with van der Waals surface area (Å²) in [5, 5.41) is 12.7. The van der Waals surface area contributed by atoms with Crippen molar-refractivity contribution in [2.24, 2.45) is 11.8 Å². The Morgan fingerprint density at radius 3 is 2.75 bits per heavy atom. The van der Waals surface area contributed by atoms with Crippen molar-refractivity contribution in [2.75, 3.05) is 18.0 Å². The molecule has 2 N–H and O–H groups in total. The van der Waals surface area contributed by atoms with Crippen LogP contribution in [0.1, 0.15) is 36.8 Å². The Kier molecular flexibility index (Phi) is 4.90. The summed E-state index contributed by atoms with van der Waals surface area (Å²) in [7, 11) is 0. The molecule has 0 bridgehead atoms. The molecular weight excluding hydrogens is 304 g/mol. The molecule has 5 heteroatoms. The van der Waals surface area contributed by atoms with E-state index in [2.05, 4.69) is 5.32 Å². The van der Waals surface area contributed by atoms with Crippen LogP contribution in [0.3, 0.4) is 0 Å². The summed E-state index contributed by atoms with van der Waals surface area (Å²) in [5.74, 6) is 0.0292. The molecule has 3 rings (SSSR count).